The maximum absolute atomic E-state index is 13.0. The van der Waals surface area contributed by atoms with Crippen LogP contribution in [0.25, 0.3) is 0 Å². The number of amides is 3. The molecule has 3 aromatic rings. The van der Waals surface area contributed by atoms with Gasteiger partial charge in [-0.15, -0.1) is 0 Å². The number of ether oxygens (including phenoxy) is 1. The maximum Gasteiger partial charge on any atom is 0.404 e. The van der Waals surface area contributed by atoms with Gasteiger partial charge in [0.1, 0.15) is 42.6 Å². The standard InChI is InChI=1S/C22H21FN6O5/c23-14-1-5-17(6-2-14)34-18-7-3-15(4-8-18)26-21(31)19-9-16(27-22(32)33)10-29(19)20(30)11-28-13-24-12-25-28/h1-8,12-13,16,19,27H,9-11H2,(H,26,31)(H,32,33)/t16-,19+/m1/s1. The first kappa shape index (κ1) is 22.7. The van der Waals surface area contributed by atoms with Crippen LogP contribution >= 0.6 is 0 Å². The SMILES string of the molecule is O=C(O)N[C@@H]1C[C@@H](C(=O)Nc2ccc(Oc3ccc(F)cc3)cc2)N(C(=O)Cn2cncn2)C1. The molecule has 0 bridgehead atoms. The lowest BCUT2D eigenvalue weighted by molar-refractivity contribution is -0.137. The molecule has 176 valence electrons. The largest absolute Gasteiger partial charge is 0.465 e. The molecule has 2 heterocycles. The average molecular weight is 468 g/mol. The zero-order valence-electron chi connectivity index (χ0n) is 17.8. The van der Waals surface area contributed by atoms with Gasteiger partial charge < -0.3 is 25.4 Å². The predicted molar refractivity (Wildman–Crippen MR) is 117 cm³/mol. The summed E-state index contributed by atoms with van der Waals surface area (Å²) in [5.74, 6) is -0.257. The minimum absolute atomic E-state index is 0.0579. The van der Waals surface area contributed by atoms with Crippen LogP contribution in [-0.2, 0) is 16.1 Å². The van der Waals surface area contributed by atoms with Crippen LogP contribution in [0.4, 0.5) is 14.9 Å². The topological polar surface area (TPSA) is 139 Å². The van der Waals surface area contributed by atoms with Crippen LogP contribution in [0.15, 0.2) is 61.2 Å². The smallest absolute Gasteiger partial charge is 0.404 e. The second kappa shape index (κ2) is 9.98. The van der Waals surface area contributed by atoms with Crippen molar-refractivity contribution in [2.24, 2.45) is 0 Å². The Morgan fingerprint density at radius 3 is 2.38 bits per heavy atom. The molecule has 11 nitrogen and oxygen atoms in total. The van der Waals surface area contributed by atoms with Crippen molar-refractivity contribution in [3.8, 4) is 11.5 Å². The summed E-state index contributed by atoms with van der Waals surface area (Å²) in [6.07, 6.45) is 1.57. The fourth-order valence-corrected chi connectivity index (χ4v) is 3.65. The highest BCUT2D eigenvalue weighted by molar-refractivity contribution is 5.97. The predicted octanol–water partition coefficient (Wildman–Crippen LogP) is 2.09. The summed E-state index contributed by atoms with van der Waals surface area (Å²) >= 11 is 0. The van der Waals surface area contributed by atoms with Gasteiger partial charge in [-0.2, -0.15) is 5.10 Å². The van der Waals surface area contributed by atoms with E-state index in [0.717, 1.165) is 0 Å². The zero-order chi connectivity index (χ0) is 24.1. The molecule has 4 rings (SSSR count). The first-order valence-corrected chi connectivity index (χ1v) is 10.3. The van der Waals surface area contributed by atoms with Gasteiger partial charge in [-0.3, -0.25) is 9.59 Å². The van der Waals surface area contributed by atoms with E-state index in [2.05, 4.69) is 20.7 Å². The summed E-state index contributed by atoms with van der Waals surface area (Å²) in [4.78, 5) is 42.0. The van der Waals surface area contributed by atoms with Gasteiger partial charge in [-0.05, 0) is 55.0 Å². The third-order valence-corrected chi connectivity index (χ3v) is 5.19. The fraction of sp³-hybridized carbons (Fsp3) is 0.227. The summed E-state index contributed by atoms with van der Waals surface area (Å²) in [5, 5.41) is 18.0. The molecular weight excluding hydrogens is 447 g/mol. The Hall–Kier alpha value is -4.48. The van der Waals surface area contributed by atoms with E-state index in [0.29, 0.717) is 17.2 Å². The number of halogens is 1. The van der Waals surface area contributed by atoms with E-state index in [9.17, 15) is 18.8 Å². The van der Waals surface area contributed by atoms with Crippen molar-refractivity contribution < 1.29 is 28.6 Å². The van der Waals surface area contributed by atoms with Gasteiger partial charge in [0.25, 0.3) is 0 Å². The van der Waals surface area contributed by atoms with Crippen LogP contribution in [0.3, 0.4) is 0 Å². The Morgan fingerprint density at radius 1 is 1.09 bits per heavy atom. The summed E-state index contributed by atoms with van der Waals surface area (Å²) in [7, 11) is 0. The molecule has 1 saturated heterocycles. The van der Waals surface area contributed by atoms with E-state index >= 15 is 0 Å². The van der Waals surface area contributed by atoms with Crippen LogP contribution < -0.4 is 15.4 Å². The molecule has 3 amide bonds. The number of carboxylic acid groups (broad SMARTS) is 1. The number of hydrogen-bond acceptors (Lipinski definition) is 6. The van der Waals surface area contributed by atoms with Crippen LogP contribution in [-0.4, -0.2) is 61.3 Å². The molecule has 0 saturated carbocycles. The molecule has 1 aliphatic heterocycles. The van der Waals surface area contributed by atoms with E-state index in [1.165, 1.54) is 46.5 Å². The van der Waals surface area contributed by atoms with Crippen molar-refractivity contribution in [3.63, 3.8) is 0 Å². The first-order chi connectivity index (χ1) is 16.4. The minimum Gasteiger partial charge on any atom is -0.465 e. The Kier molecular flexibility index (Phi) is 6.67. The molecule has 0 unspecified atom stereocenters. The number of carbonyl (C=O) groups excluding carboxylic acids is 2. The lowest BCUT2D eigenvalue weighted by Gasteiger charge is -2.23. The average Bonchev–Trinajstić information content (AvgIpc) is 3.46. The summed E-state index contributed by atoms with van der Waals surface area (Å²) in [6.45, 7) is -0.0681. The third-order valence-electron chi connectivity index (χ3n) is 5.19. The quantitative estimate of drug-likeness (QED) is 0.483. The molecule has 0 spiro atoms. The Labute approximate surface area is 193 Å². The van der Waals surface area contributed by atoms with Gasteiger partial charge in [-0.1, -0.05) is 0 Å². The molecular formula is C22H21FN6O5. The third kappa shape index (κ3) is 5.65. The lowest BCUT2D eigenvalue weighted by Crippen LogP contribution is -2.44. The molecule has 1 fully saturated rings. The number of benzene rings is 2. The summed E-state index contributed by atoms with van der Waals surface area (Å²) in [5.41, 5.74) is 0.467. The first-order valence-electron chi connectivity index (χ1n) is 10.3. The maximum atomic E-state index is 13.0. The number of anilines is 1. The van der Waals surface area contributed by atoms with Crippen LogP contribution in [0.1, 0.15) is 6.42 Å². The number of hydrogen-bond donors (Lipinski definition) is 3. The highest BCUT2D eigenvalue weighted by atomic mass is 19.1. The molecule has 34 heavy (non-hydrogen) atoms. The number of nitrogens with one attached hydrogen (secondary N) is 2. The summed E-state index contributed by atoms with van der Waals surface area (Å²) < 4.78 is 20.0. The molecule has 3 N–H and O–H groups in total. The van der Waals surface area contributed by atoms with Crippen molar-refractivity contribution in [3.05, 3.63) is 67.0 Å². The van der Waals surface area contributed by atoms with Crippen molar-refractivity contribution in [2.75, 3.05) is 11.9 Å². The second-order valence-electron chi connectivity index (χ2n) is 7.61. The summed E-state index contributed by atoms with van der Waals surface area (Å²) in [6, 6.07) is 10.6. The highest BCUT2D eigenvalue weighted by Gasteiger charge is 2.40. The van der Waals surface area contributed by atoms with E-state index < -0.39 is 24.1 Å². The van der Waals surface area contributed by atoms with Crippen LogP contribution in [0.2, 0.25) is 0 Å². The molecule has 2 aromatic carbocycles. The minimum atomic E-state index is -1.23. The van der Waals surface area contributed by atoms with Crippen molar-refractivity contribution in [2.45, 2.75) is 25.0 Å². The van der Waals surface area contributed by atoms with E-state index in [1.54, 1.807) is 24.3 Å². The van der Waals surface area contributed by atoms with Gasteiger partial charge >= 0.3 is 6.09 Å². The van der Waals surface area contributed by atoms with Gasteiger partial charge in [0.15, 0.2) is 0 Å². The number of carbonyl (C=O) groups is 3. The lowest BCUT2D eigenvalue weighted by atomic mass is 10.1. The van der Waals surface area contributed by atoms with Gasteiger partial charge in [0, 0.05) is 12.2 Å². The van der Waals surface area contributed by atoms with E-state index in [-0.39, 0.29) is 31.2 Å². The normalized spacial score (nSPS) is 17.3. The molecule has 1 aromatic heterocycles. The Bertz CT molecular complexity index is 1150. The Morgan fingerprint density at radius 2 is 1.76 bits per heavy atom. The van der Waals surface area contributed by atoms with Crippen molar-refractivity contribution in [1.82, 2.24) is 25.0 Å². The van der Waals surface area contributed by atoms with Gasteiger partial charge in [0.2, 0.25) is 11.8 Å². The number of aromatic nitrogens is 3. The van der Waals surface area contributed by atoms with Crippen LogP contribution in [0.5, 0.6) is 11.5 Å². The van der Waals surface area contributed by atoms with Crippen LogP contribution in [0, 0.1) is 5.82 Å². The molecule has 0 radical (unpaired) electrons. The molecule has 12 heteroatoms. The van der Waals surface area contributed by atoms with Crippen molar-refractivity contribution >= 4 is 23.6 Å². The fourth-order valence-electron chi connectivity index (χ4n) is 3.65. The zero-order valence-corrected chi connectivity index (χ0v) is 17.8. The monoisotopic (exact) mass is 468 g/mol. The number of likely N-dealkylation sites (tertiary alicyclic amines) is 1. The van der Waals surface area contributed by atoms with Gasteiger partial charge in [-0.25, -0.2) is 18.9 Å². The van der Waals surface area contributed by atoms with E-state index in [1.807, 2.05) is 0 Å². The Balaban J connectivity index is 1.42. The van der Waals surface area contributed by atoms with E-state index in [4.69, 9.17) is 9.84 Å². The number of nitrogens with zero attached hydrogens (tertiary/aromatic N) is 4. The highest BCUT2D eigenvalue weighted by Crippen LogP contribution is 2.25. The molecule has 1 aliphatic rings. The molecule has 0 aliphatic carbocycles. The van der Waals surface area contributed by atoms with Crippen molar-refractivity contribution in [1.29, 1.82) is 0 Å². The second-order valence-corrected chi connectivity index (χ2v) is 7.61. The van der Waals surface area contributed by atoms with Gasteiger partial charge in [0.05, 0.1) is 6.04 Å². The molecule has 2 atom stereocenters. The number of rotatable bonds is 7.